The van der Waals surface area contributed by atoms with Crippen molar-refractivity contribution in [3.05, 3.63) is 56.5 Å². The molecule has 2 aromatic rings. The van der Waals surface area contributed by atoms with Gasteiger partial charge in [-0.2, -0.15) is 0 Å². The van der Waals surface area contributed by atoms with Crippen LogP contribution in [0.3, 0.4) is 0 Å². The molecule has 1 N–H and O–H groups in total. The fourth-order valence-electron chi connectivity index (χ4n) is 1.64. The first kappa shape index (κ1) is 14.6. The van der Waals surface area contributed by atoms with Gasteiger partial charge in [0, 0.05) is 19.4 Å². The highest BCUT2D eigenvalue weighted by molar-refractivity contribution is 9.11. The molecule has 2 aromatic carbocycles. The van der Waals surface area contributed by atoms with E-state index in [1.165, 1.54) is 0 Å². The zero-order valence-electron chi connectivity index (χ0n) is 10.1. The first-order chi connectivity index (χ1) is 8.97. The zero-order valence-corrected chi connectivity index (χ0v) is 14.1. The third-order valence-corrected chi connectivity index (χ3v) is 4.11. The molecule has 2 rings (SSSR count). The fraction of sp³-hybridized carbons (Fsp3) is 0.0714. The van der Waals surface area contributed by atoms with E-state index in [1.807, 2.05) is 37.3 Å². The highest BCUT2D eigenvalue weighted by Crippen LogP contribution is 2.27. The standard InChI is InChI=1S/C14H11Br2NOS/c1-8-2-4-10(19)7-11(8)14(18)17-13-6-9(15)3-5-12(13)16/h2-7,19H,1H3,(H,17,18). The van der Waals surface area contributed by atoms with Crippen molar-refractivity contribution in [2.24, 2.45) is 0 Å². The van der Waals surface area contributed by atoms with Gasteiger partial charge in [0.25, 0.3) is 5.91 Å². The molecule has 0 aliphatic carbocycles. The van der Waals surface area contributed by atoms with Gasteiger partial charge < -0.3 is 5.32 Å². The van der Waals surface area contributed by atoms with E-state index < -0.39 is 0 Å². The van der Waals surface area contributed by atoms with Crippen LogP contribution in [0.25, 0.3) is 0 Å². The summed E-state index contributed by atoms with van der Waals surface area (Å²) in [7, 11) is 0. The van der Waals surface area contributed by atoms with Crippen LogP contribution in [0.2, 0.25) is 0 Å². The number of nitrogens with one attached hydrogen (secondary N) is 1. The van der Waals surface area contributed by atoms with Gasteiger partial charge in [-0.05, 0) is 58.7 Å². The van der Waals surface area contributed by atoms with Crippen molar-refractivity contribution in [3.63, 3.8) is 0 Å². The van der Waals surface area contributed by atoms with Gasteiger partial charge in [0.2, 0.25) is 0 Å². The van der Waals surface area contributed by atoms with Crippen molar-refractivity contribution >= 4 is 56.1 Å². The van der Waals surface area contributed by atoms with E-state index in [2.05, 4.69) is 49.8 Å². The number of carbonyl (C=O) groups is 1. The second kappa shape index (κ2) is 6.11. The number of halogens is 2. The number of anilines is 1. The summed E-state index contributed by atoms with van der Waals surface area (Å²) in [6.45, 7) is 1.90. The molecule has 1 amide bonds. The zero-order chi connectivity index (χ0) is 14.0. The van der Waals surface area contributed by atoms with Gasteiger partial charge in [-0.25, -0.2) is 0 Å². The van der Waals surface area contributed by atoms with Gasteiger partial charge in [0.15, 0.2) is 0 Å². The predicted molar refractivity (Wildman–Crippen MR) is 88.2 cm³/mol. The number of aryl methyl sites for hydroxylation is 1. The average molecular weight is 401 g/mol. The Bertz CT molecular complexity index is 643. The molecule has 0 radical (unpaired) electrons. The van der Waals surface area contributed by atoms with Crippen LogP contribution in [0.1, 0.15) is 15.9 Å². The lowest BCUT2D eigenvalue weighted by Crippen LogP contribution is -2.13. The molecular formula is C14H11Br2NOS. The number of hydrogen-bond donors (Lipinski definition) is 2. The lowest BCUT2D eigenvalue weighted by atomic mass is 10.1. The SMILES string of the molecule is Cc1ccc(S)cc1C(=O)Nc1cc(Br)ccc1Br. The molecule has 0 saturated heterocycles. The third kappa shape index (κ3) is 3.61. The van der Waals surface area contributed by atoms with Crippen LogP contribution in [0.4, 0.5) is 5.69 Å². The van der Waals surface area contributed by atoms with Crippen molar-refractivity contribution in [2.45, 2.75) is 11.8 Å². The van der Waals surface area contributed by atoms with Crippen LogP contribution < -0.4 is 5.32 Å². The van der Waals surface area contributed by atoms with Gasteiger partial charge >= 0.3 is 0 Å². The Morgan fingerprint density at radius 1 is 1.16 bits per heavy atom. The lowest BCUT2D eigenvalue weighted by molar-refractivity contribution is 0.102. The van der Waals surface area contributed by atoms with Crippen molar-refractivity contribution in [2.75, 3.05) is 5.32 Å². The Morgan fingerprint density at radius 2 is 1.89 bits per heavy atom. The maximum atomic E-state index is 12.3. The first-order valence-corrected chi connectivity index (χ1v) is 7.56. The van der Waals surface area contributed by atoms with Crippen molar-refractivity contribution in [1.82, 2.24) is 0 Å². The molecule has 2 nitrogen and oxygen atoms in total. The summed E-state index contributed by atoms with van der Waals surface area (Å²) >= 11 is 11.1. The normalized spacial score (nSPS) is 10.3. The van der Waals surface area contributed by atoms with E-state index in [-0.39, 0.29) is 5.91 Å². The minimum Gasteiger partial charge on any atom is -0.321 e. The molecule has 0 bridgehead atoms. The van der Waals surface area contributed by atoms with Gasteiger partial charge in [-0.3, -0.25) is 4.79 Å². The second-order valence-corrected chi connectivity index (χ2v) is 6.36. The molecule has 98 valence electrons. The molecular weight excluding hydrogens is 390 g/mol. The highest BCUT2D eigenvalue weighted by atomic mass is 79.9. The molecule has 0 atom stereocenters. The molecule has 0 unspecified atom stereocenters. The van der Waals surface area contributed by atoms with Crippen LogP contribution in [0.5, 0.6) is 0 Å². The average Bonchev–Trinajstić information content (AvgIpc) is 2.36. The summed E-state index contributed by atoms with van der Waals surface area (Å²) in [5.74, 6) is -0.146. The van der Waals surface area contributed by atoms with Crippen LogP contribution in [0, 0.1) is 6.92 Å². The number of hydrogen-bond acceptors (Lipinski definition) is 2. The monoisotopic (exact) mass is 399 g/mol. The summed E-state index contributed by atoms with van der Waals surface area (Å²) in [6, 6.07) is 11.1. The summed E-state index contributed by atoms with van der Waals surface area (Å²) in [6.07, 6.45) is 0. The first-order valence-electron chi connectivity index (χ1n) is 5.53. The summed E-state index contributed by atoms with van der Waals surface area (Å²) in [5.41, 5.74) is 2.27. The van der Waals surface area contributed by atoms with Crippen molar-refractivity contribution < 1.29 is 4.79 Å². The van der Waals surface area contributed by atoms with E-state index in [0.29, 0.717) is 5.56 Å². The molecule has 0 aromatic heterocycles. The fourth-order valence-corrected chi connectivity index (χ4v) is 2.55. The Morgan fingerprint density at radius 3 is 2.63 bits per heavy atom. The molecule has 0 saturated carbocycles. The van der Waals surface area contributed by atoms with Gasteiger partial charge in [0.05, 0.1) is 5.69 Å². The highest BCUT2D eigenvalue weighted by Gasteiger charge is 2.11. The summed E-state index contributed by atoms with van der Waals surface area (Å²) in [4.78, 5) is 13.0. The Balaban J connectivity index is 2.30. The largest absolute Gasteiger partial charge is 0.321 e. The molecule has 0 heterocycles. The Hall–Kier alpha value is -0.780. The lowest BCUT2D eigenvalue weighted by Gasteiger charge is -2.10. The van der Waals surface area contributed by atoms with Gasteiger partial charge in [-0.15, -0.1) is 12.6 Å². The van der Waals surface area contributed by atoms with Crippen molar-refractivity contribution in [1.29, 1.82) is 0 Å². The van der Waals surface area contributed by atoms with Crippen molar-refractivity contribution in [3.8, 4) is 0 Å². The van der Waals surface area contributed by atoms with E-state index in [0.717, 1.165) is 25.1 Å². The molecule has 19 heavy (non-hydrogen) atoms. The Labute approximate surface area is 134 Å². The maximum absolute atomic E-state index is 12.3. The minimum atomic E-state index is -0.146. The van der Waals surface area contributed by atoms with Crippen LogP contribution >= 0.6 is 44.5 Å². The number of benzene rings is 2. The van der Waals surface area contributed by atoms with E-state index in [4.69, 9.17) is 0 Å². The Kier molecular flexibility index (Phi) is 4.71. The summed E-state index contributed by atoms with van der Waals surface area (Å²) < 4.78 is 1.74. The number of amides is 1. The quantitative estimate of drug-likeness (QED) is 0.677. The van der Waals surface area contributed by atoms with Gasteiger partial charge in [0.1, 0.15) is 0 Å². The minimum absolute atomic E-state index is 0.146. The molecule has 0 aliphatic rings. The predicted octanol–water partition coefficient (Wildman–Crippen LogP) is 5.06. The number of rotatable bonds is 2. The molecule has 0 spiro atoms. The van der Waals surface area contributed by atoms with E-state index in [9.17, 15) is 4.79 Å². The third-order valence-electron chi connectivity index (χ3n) is 2.64. The molecule has 5 heteroatoms. The second-order valence-electron chi connectivity index (χ2n) is 4.08. The van der Waals surface area contributed by atoms with Crippen LogP contribution in [-0.4, -0.2) is 5.91 Å². The number of thiol groups is 1. The van der Waals surface area contributed by atoms with E-state index in [1.54, 1.807) is 6.07 Å². The maximum Gasteiger partial charge on any atom is 0.256 e. The summed E-state index contributed by atoms with van der Waals surface area (Å²) in [5, 5.41) is 2.89. The van der Waals surface area contributed by atoms with Crippen LogP contribution in [-0.2, 0) is 0 Å². The van der Waals surface area contributed by atoms with E-state index >= 15 is 0 Å². The molecule has 0 fully saturated rings. The topological polar surface area (TPSA) is 29.1 Å². The van der Waals surface area contributed by atoms with Gasteiger partial charge in [-0.1, -0.05) is 22.0 Å². The number of carbonyl (C=O) groups excluding carboxylic acids is 1. The molecule has 0 aliphatic heterocycles. The van der Waals surface area contributed by atoms with Crippen LogP contribution in [0.15, 0.2) is 50.2 Å². The smallest absolute Gasteiger partial charge is 0.256 e.